The topological polar surface area (TPSA) is 46.6 Å². The first kappa shape index (κ1) is 18.7. The lowest BCUT2D eigenvalue weighted by Gasteiger charge is -2.24. The van der Waals surface area contributed by atoms with Crippen molar-refractivity contribution in [1.29, 1.82) is 0 Å². The van der Waals surface area contributed by atoms with E-state index in [1.54, 1.807) is 24.3 Å². The van der Waals surface area contributed by atoms with E-state index in [0.717, 1.165) is 12.1 Å². The van der Waals surface area contributed by atoms with E-state index in [2.05, 4.69) is 0 Å². The quantitative estimate of drug-likeness (QED) is 0.753. The second-order valence-corrected chi connectivity index (χ2v) is 7.98. The van der Waals surface area contributed by atoms with Crippen molar-refractivity contribution < 1.29 is 26.3 Å². The van der Waals surface area contributed by atoms with Gasteiger partial charge in [0.15, 0.2) is 0 Å². The first-order chi connectivity index (χ1) is 12.2. The highest BCUT2D eigenvalue weighted by molar-refractivity contribution is 7.89. The molecule has 3 rings (SSSR count). The summed E-state index contributed by atoms with van der Waals surface area (Å²) in [7, 11) is -2.77. The summed E-state index contributed by atoms with van der Waals surface area (Å²) in [6, 6.07) is 10.8. The summed E-state index contributed by atoms with van der Waals surface area (Å²) >= 11 is 0. The summed E-state index contributed by atoms with van der Waals surface area (Å²) < 4.78 is 72.1. The fourth-order valence-corrected chi connectivity index (χ4v) is 4.62. The van der Waals surface area contributed by atoms with E-state index < -0.39 is 26.7 Å². The van der Waals surface area contributed by atoms with Crippen molar-refractivity contribution in [3.05, 3.63) is 59.7 Å². The highest BCUT2D eigenvalue weighted by atomic mass is 32.2. The smallest absolute Gasteiger partial charge is 0.417 e. The van der Waals surface area contributed by atoms with Gasteiger partial charge < -0.3 is 4.74 Å². The Hall–Kier alpha value is -2.06. The monoisotopic (exact) mass is 385 g/mol. The second-order valence-electron chi connectivity index (χ2n) is 6.12. The number of halogens is 3. The van der Waals surface area contributed by atoms with Crippen molar-refractivity contribution in [2.45, 2.75) is 36.5 Å². The first-order valence-electron chi connectivity index (χ1n) is 8.04. The molecule has 0 aliphatic heterocycles. The molecule has 0 saturated heterocycles. The Labute approximate surface area is 150 Å². The molecule has 0 unspecified atom stereocenters. The summed E-state index contributed by atoms with van der Waals surface area (Å²) in [6.45, 7) is 0.0170. The molecule has 1 aliphatic carbocycles. The number of nitrogens with zero attached hydrogens (tertiary/aromatic N) is 1. The minimum atomic E-state index is -4.74. The molecular formula is C18H18F3NO3S. The molecule has 0 amide bonds. The van der Waals surface area contributed by atoms with Gasteiger partial charge in [-0.3, -0.25) is 0 Å². The molecule has 0 spiro atoms. The predicted octanol–water partition coefficient (Wildman–Crippen LogP) is 4.07. The Morgan fingerprint density at radius 1 is 1.08 bits per heavy atom. The Kier molecular flexibility index (Phi) is 4.98. The SMILES string of the molecule is COc1ccc(CN(C2CC2)S(=O)(=O)c2ccccc2C(F)(F)F)cc1. The van der Waals surface area contributed by atoms with Gasteiger partial charge in [-0.25, -0.2) is 8.42 Å². The number of sulfonamides is 1. The Morgan fingerprint density at radius 2 is 1.69 bits per heavy atom. The average Bonchev–Trinajstić information content (AvgIpc) is 3.44. The average molecular weight is 385 g/mol. The van der Waals surface area contributed by atoms with Crippen molar-refractivity contribution in [2.75, 3.05) is 7.11 Å². The van der Waals surface area contributed by atoms with Gasteiger partial charge in [-0.2, -0.15) is 17.5 Å². The van der Waals surface area contributed by atoms with Crippen LogP contribution in [0.5, 0.6) is 5.75 Å². The molecule has 0 bridgehead atoms. The molecular weight excluding hydrogens is 367 g/mol. The van der Waals surface area contributed by atoms with Crippen LogP contribution in [0.4, 0.5) is 13.2 Å². The number of alkyl halides is 3. The summed E-state index contributed by atoms with van der Waals surface area (Å²) in [5.41, 5.74) is -0.453. The lowest BCUT2D eigenvalue weighted by Crippen LogP contribution is -2.34. The number of ether oxygens (including phenoxy) is 1. The number of methoxy groups -OCH3 is 1. The maximum absolute atomic E-state index is 13.3. The molecule has 2 aromatic rings. The van der Waals surface area contributed by atoms with Gasteiger partial charge in [0.05, 0.1) is 17.6 Å². The molecule has 0 radical (unpaired) electrons. The van der Waals surface area contributed by atoms with Gasteiger partial charge in [-0.05, 0) is 42.7 Å². The number of hydrogen-bond donors (Lipinski definition) is 0. The van der Waals surface area contributed by atoms with Crippen molar-refractivity contribution >= 4 is 10.0 Å². The standard InChI is InChI=1S/C18H18F3NO3S/c1-25-15-10-6-13(7-11-15)12-22(14-8-9-14)26(23,24)17-5-3-2-4-16(17)18(19,20)21/h2-7,10-11,14H,8-9,12H2,1H3. The molecule has 0 atom stereocenters. The summed E-state index contributed by atoms with van der Waals surface area (Å²) in [5, 5.41) is 0. The van der Waals surface area contributed by atoms with Crippen LogP contribution in [0.15, 0.2) is 53.4 Å². The molecule has 140 valence electrons. The fraction of sp³-hybridized carbons (Fsp3) is 0.333. The molecule has 8 heteroatoms. The van der Waals surface area contributed by atoms with Gasteiger partial charge >= 0.3 is 6.18 Å². The summed E-state index contributed by atoms with van der Waals surface area (Å²) in [4.78, 5) is -0.701. The van der Waals surface area contributed by atoms with Crippen molar-refractivity contribution in [1.82, 2.24) is 4.31 Å². The molecule has 0 aromatic heterocycles. The van der Waals surface area contributed by atoms with Crippen LogP contribution in [0, 0.1) is 0 Å². The summed E-state index contributed by atoms with van der Waals surface area (Å²) in [5.74, 6) is 0.622. The van der Waals surface area contributed by atoms with Crippen LogP contribution in [0.25, 0.3) is 0 Å². The van der Waals surface area contributed by atoms with Gasteiger partial charge in [0.1, 0.15) is 5.75 Å². The van der Waals surface area contributed by atoms with E-state index >= 15 is 0 Å². The zero-order valence-corrected chi connectivity index (χ0v) is 14.8. The van der Waals surface area contributed by atoms with E-state index in [1.807, 2.05) is 0 Å². The van der Waals surface area contributed by atoms with Crippen LogP contribution in [0.2, 0.25) is 0 Å². The summed E-state index contributed by atoms with van der Waals surface area (Å²) in [6.07, 6.45) is -3.45. The van der Waals surface area contributed by atoms with Crippen LogP contribution in [-0.2, 0) is 22.7 Å². The van der Waals surface area contributed by atoms with E-state index in [0.29, 0.717) is 24.2 Å². The van der Waals surface area contributed by atoms with Gasteiger partial charge in [-0.1, -0.05) is 24.3 Å². The third-order valence-corrected chi connectivity index (χ3v) is 6.19. The van der Waals surface area contributed by atoms with Gasteiger partial charge in [-0.15, -0.1) is 0 Å². The Balaban J connectivity index is 1.97. The second kappa shape index (κ2) is 6.92. The molecule has 2 aromatic carbocycles. The van der Waals surface area contributed by atoms with E-state index in [1.165, 1.54) is 23.5 Å². The third-order valence-electron chi connectivity index (χ3n) is 4.23. The Bertz CT molecular complexity index is 875. The maximum atomic E-state index is 13.3. The highest BCUT2D eigenvalue weighted by Crippen LogP contribution is 2.39. The lowest BCUT2D eigenvalue weighted by atomic mass is 10.2. The zero-order valence-electron chi connectivity index (χ0n) is 14.0. The van der Waals surface area contributed by atoms with E-state index in [9.17, 15) is 21.6 Å². The van der Waals surface area contributed by atoms with Crippen molar-refractivity contribution in [3.8, 4) is 5.75 Å². The number of rotatable bonds is 6. The predicted molar refractivity (Wildman–Crippen MR) is 90.2 cm³/mol. The van der Waals surface area contributed by atoms with Crippen LogP contribution in [0.1, 0.15) is 24.0 Å². The normalized spacial score (nSPS) is 15.3. The highest BCUT2D eigenvalue weighted by Gasteiger charge is 2.43. The number of benzene rings is 2. The molecule has 26 heavy (non-hydrogen) atoms. The van der Waals surface area contributed by atoms with Gasteiger partial charge in [0, 0.05) is 12.6 Å². The van der Waals surface area contributed by atoms with Crippen LogP contribution >= 0.6 is 0 Å². The fourth-order valence-electron chi connectivity index (χ4n) is 2.74. The molecule has 0 N–H and O–H groups in total. The molecule has 1 aliphatic rings. The molecule has 4 nitrogen and oxygen atoms in total. The first-order valence-corrected chi connectivity index (χ1v) is 9.48. The van der Waals surface area contributed by atoms with Gasteiger partial charge in [0.25, 0.3) is 0 Å². The van der Waals surface area contributed by atoms with Crippen LogP contribution in [0.3, 0.4) is 0 Å². The van der Waals surface area contributed by atoms with Crippen LogP contribution in [-0.4, -0.2) is 25.9 Å². The van der Waals surface area contributed by atoms with E-state index in [4.69, 9.17) is 4.74 Å². The van der Waals surface area contributed by atoms with Crippen molar-refractivity contribution in [2.24, 2.45) is 0 Å². The van der Waals surface area contributed by atoms with Gasteiger partial charge in [0.2, 0.25) is 10.0 Å². The zero-order chi connectivity index (χ0) is 18.9. The molecule has 1 fully saturated rings. The minimum absolute atomic E-state index is 0.0170. The number of hydrogen-bond acceptors (Lipinski definition) is 3. The van der Waals surface area contributed by atoms with E-state index in [-0.39, 0.29) is 12.6 Å². The van der Waals surface area contributed by atoms with Crippen molar-refractivity contribution in [3.63, 3.8) is 0 Å². The maximum Gasteiger partial charge on any atom is 0.417 e. The minimum Gasteiger partial charge on any atom is -0.497 e. The molecule has 1 saturated carbocycles. The molecule has 0 heterocycles. The lowest BCUT2D eigenvalue weighted by molar-refractivity contribution is -0.139. The largest absolute Gasteiger partial charge is 0.497 e. The Morgan fingerprint density at radius 3 is 2.23 bits per heavy atom. The third kappa shape index (κ3) is 3.86. The van der Waals surface area contributed by atoms with Crippen LogP contribution < -0.4 is 4.74 Å².